The average Bonchev–Trinajstić information content (AvgIpc) is 2.98. The predicted molar refractivity (Wildman–Crippen MR) is 165 cm³/mol. The molecule has 47 heavy (non-hydrogen) atoms. The summed E-state index contributed by atoms with van der Waals surface area (Å²) in [6, 6.07) is 2.53. The first-order chi connectivity index (χ1) is 22.2. The van der Waals surface area contributed by atoms with E-state index in [0.29, 0.717) is 11.1 Å². The molecule has 3 atom stereocenters. The van der Waals surface area contributed by atoms with Crippen molar-refractivity contribution >= 4 is 64.3 Å². The van der Waals surface area contributed by atoms with E-state index in [9.17, 15) is 44.1 Å². The quantitative estimate of drug-likeness (QED) is 0.154. The highest BCUT2D eigenvalue weighted by Gasteiger charge is 2.40. The van der Waals surface area contributed by atoms with Gasteiger partial charge in [0.25, 0.3) is 5.91 Å². The van der Waals surface area contributed by atoms with Crippen molar-refractivity contribution in [3.8, 4) is 0 Å². The SMILES string of the molecule is O=C(O)CN(CC(=O)O)[C@@H](CCCCNC(=O)c1ccc(C(=O)O)c(C2=C3C=C(Cl)C(=O)C=C3O[C@H]3C=C(O)C(Cl)=C[C@H]23)c1)C(=O)O. The van der Waals surface area contributed by atoms with Gasteiger partial charge in [0.15, 0.2) is 0 Å². The Kier molecular flexibility index (Phi) is 10.9. The molecule has 0 bridgehead atoms. The second kappa shape index (κ2) is 14.7. The van der Waals surface area contributed by atoms with Gasteiger partial charge in [-0.05, 0) is 54.7 Å². The number of carboxylic acid groups (broad SMARTS) is 4. The summed E-state index contributed by atoms with van der Waals surface area (Å²) in [5.41, 5.74) is 0.616. The third-order valence-electron chi connectivity index (χ3n) is 7.56. The van der Waals surface area contributed by atoms with Crippen LogP contribution in [0.1, 0.15) is 45.5 Å². The molecular formula is C31H28Cl2N2O12. The highest BCUT2D eigenvalue weighted by molar-refractivity contribution is 6.45. The van der Waals surface area contributed by atoms with Crippen LogP contribution < -0.4 is 5.32 Å². The van der Waals surface area contributed by atoms with E-state index in [2.05, 4.69) is 5.32 Å². The number of amides is 1. The predicted octanol–water partition coefficient (Wildman–Crippen LogP) is 3.15. The van der Waals surface area contributed by atoms with Gasteiger partial charge in [-0.25, -0.2) is 4.79 Å². The molecule has 1 aromatic carbocycles. The van der Waals surface area contributed by atoms with Crippen LogP contribution in [0, 0.1) is 5.92 Å². The van der Waals surface area contributed by atoms with Crippen LogP contribution >= 0.6 is 23.2 Å². The molecule has 0 radical (unpaired) electrons. The molecule has 0 spiro atoms. The summed E-state index contributed by atoms with van der Waals surface area (Å²) in [7, 11) is 0. The lowest BCUT2D eigenvalue weighted by molar-refractivity contribution is -0.149. The summed E-state index contributed by atoms with van der Waals surface area (Å²) < 4.78 is 5.94. The number of allylic oxidation sites excluding steroid dienone is 4. The van der Waals surface area contributed by atoms with Crippen LogP contribution in [0.4, 0.5) is 0 Å². The number of nitrogens with zero attached hydrogens (tertiary/aromatic N) is 1. The normalized spacial score (nSPS) is 19.3. The van der Waals surface area contributed by atoms with Gasteiger partial charge in [-0.15, -0.1) is 0 Å². The number of hydrogen-bond acceptors (Lipinski definition) is 9. The van der Waals surface area contributed by atoms with Crippen LogP contribution in [-0.4, -0.2) is 97.8 Å². The number of aliphatic hydroxyl groups is 1. The molecule has 4 rings (SSSR count). The van der Waals surface area contributed by atoms with Gasteiger partial charge in [0.05, 0.1) is 28.7 Å². The van der Waals surface area contributed by atoms with Gasteiger partial charge in [-0.2, -0.15) is 0 Å². The summed E-state index contributed by atoms with van der Waals surface area (Å²) in [5, 5.41) is 50.4. The maximum atomic E-state index is 13.2. The largest absolute Gasteiger partial charge is 0.507 e. The van der Waals surface area contributed by atoms with Gasteiger partial charge in [-0.3, -0.25) is 28.9 Å². The lowest BCUT2D eigenvalue weighted by Crippen LogP contribution is -2.46. The third kappa shape index (κ3) is 8.09. The van der Waals surface area contributed by atoms with Crippen LogP contribution in [0.5, 0.6) is 0 Å². The molecule has 6 N–H and O–H groups in total. The van der Waals surface area contributed by atoms with Crippen LogP contribution in [0.2, 0.25) is 0 Å². The Balaban J connectivity index is 1.57. The third-order valence-corrected chi connectivity index (χ3v) is 8.18. The minimum Gasteiger partial charge on any atom is -0.507 e. The lowest BCUT2D eigenvalue weighted by Gasteiger charge is -2.37. The minimum atomic E-state index is -1.38. The zero-order valence-electron chi connectivity index (χ0n) is 24.3. The number of carbonyl (C=O) groups excluding carboxylic acids is 2. The average molecular weight is 691 g/mol. The Bertz CT molecular complexity index is 1690. The molecule has 0 unspecified atom stereocenters. The number of unbranched alkanes of at least 4 members (excludes halogenated alkanes) is 1. The minimum absolute atomic E-state index is 0.0210. The topological polar surface area (TPSA) is 228 Å². The van der Waals surface area contributed by atoms with Gasteiger partial charge >= 0.3 is 23.9 Å². The molecule has 0 fully saturated rings. The fourth-order valence-corrected chi connectivity index (χ4v) is 5.84. The summed E-state index contributed by atoms with van der Waals surface area (Å²) in [6.07, 6.45) is 4.76. The smallest absolute Gasteiger partial charge is 0.336 e. The number of benzene rings is 1. The number of aromatic carboxylic acids is 1. The van der Waals surface area contributed by atoms with Gasteiger partial charge < -0.3 is 35.6 Å². The first-order valence-corrected chi connectivity index (χ1v) is 14.8. The molecule has 0 saturated carbocycles. The zero-order valence-corrected chi connectivity index (χ0v) is 25.8. The highest BCUT2D eigenvalue weighted by atomic mass is 35.5. The van der Waals surface area contributed by atoms with E-state index >= 15 is 0 Å². The molecule has 248 valence electrons. The van der Waals surface area contributed by atoms with E-state index < -0.39 is 66.7 Å². The van der Waals surface area contributed by atoms with E-state index in [0.717, 1.165) is 11.0 Å². The summed E-state index contributed by atoms with van der Waals surface area (Å²) >= 11 is 12.4. The first kappa shape index (κ1) is 34.9. The summed E-state index contributed by atoms with van der Waals surface area (Å²) in [4.78, 5) is 72.6. The van der Waals surface area contributed by atoms with Crippen LogP contribution in [-0.2, 0) is 23.9 Å². The van der Waals surface area contributed by atoms with Crippen molar-refractivity contribution < 1.29 is 59.0 Å². The van der Waals surface area contributed by atoms with Crippen molar-refractivity contribution in [2.75, 3.05) is 19.6 Å². The van der Waals surface area contributed by atoms with Gasteiger partial charge in [-0.1, -0.05) is 29.3 Å². The standard InChI is InChI=1S/C31H28Cl2N2O12/c32-19-8-17-24(10-22(19)36)47-25-11-23(37)20(33)9-18(25)28(17)16-7-14(4-5-15(16)30(43)44)29(42)34-6-2-1-3-21(31(45)46)35(12-26(38)39)13-27(40)41/h4-5,7-11,17,21,24,36H,1-3,6,12-13H2,(H,34,42)(H,38,39)(H,40,41)(H,43,44)(H,45,46)/t17-,21-,24-/m0/s1. The number of carbonyl (C=O) groups is 6. The number of carboxylic acids is 4. The molecule has 14 nitrogen and oxygen atoms in total. The first-order valence-electron chi connectivity index (χ1n) is 14.1. The van der Waals surface area contributed by atoms with Crippen LogP contribution in [0.25, 0.3) is 5.57 Å². The maximum Gasteiger partial charge on any atom is 0.336 e. The molecule has 0 saturated heterocycles. The molecule has 3 aliphatic rings. The maximum absolute atomic E-state index is 13.2. The lowest BCUT2D eigenvalue weighted by atomic mass is 9.77. The van der Waals surface area contributed by atoms with Crippen molar-refractivity contribution in [2.24, 2.45) is 5.92 Å². The Hall–Kier alpha value is -4.92. The van der Waals surface area contributed by atoms with Gasteiger partial charge in [0.2, 0.25) is 5.78 Å². The van der Waals surface area contributed by atoms with Crippen molar-refractivity contribution in [3.63, 3.8) is 0 Å². The van der Waals surface area contributed by atoms with Crippen LogP contribution in [0.15, 0.2) is 69.7 Å². The number of ether oxygens (including phenoxy) is 1. The highest BCUT2D eigenvalue weighted by Crippen LogP contribution is 2.47. The fourth-order valence-electron chi connectivity index (χ4n) is 5.47. The summed E-state index contributed by atoms with van der Waals surface area (Å²) in [5.74, 6) is -7.54. The number of aliphatic hydroxyl groups excluding tert-OH is 1. The van der Waals surface area contributed by atoms with E-state index in [1.165, 1.54) is 36.4 Å². The molecule has 1 heterocycles. The van der Waals surface area contributed by atoms with Crippen molar-refractivity contribution in [3.05, 3.63) is 86.3 Å². The molecule has 16 heteroatoms. The van der Waals surface area contributed by atoms with E-state index in [4.69, 9.17) is 38.2 Å². The number of hydrogen-bond donors (Lipinski definition) is 6. The van der Waals surface area contributed by atoms with Gasteiger partial charge in [0, 0.05) is 35.8 Å². The number of aliphatic carboxylic acids is 3. The Morgan fingerprint density at radius 3 is 2.23 bits per heavy atom. The number of fused-ring (bicyclic) bond motifs is 2. The molecule has 2 aliphatic carbocycles. The zero-order chi connectivity index (χ0) is 34.6. The van der Waals surface area contributed by atoms with Crippen molar-refractivity contribution in [2.45, 2.75) is 31.4 Å². The summed E-state index contributed by atoms with van der Waals surface area (Å²) in [6.45, 7) is -1.51. The second-order valence-electron chi connectivity index (χ2n) is 10.7. The molecule has 0 aromatic heterocycles. The number of halogens is 2. The number of nitrogens with one attached hydrogen (secondary N) is 1. The fraction of sp³-hybridized carbons (Fsp3) is 0.290. The van der Waals surface area contributed by atoms with E-state index in [1.54, 1.807) is 0 Å². The second-order valence-corrected chi connectivity index (χ2v) is 11.5. The van der Waals surface area contributed by atoms with Crippen molar-refractivity contribution in [1.82, 2.24) is 10.2 Å². The van der Waals surface area contributed by atoms with Crippen LogP contribution in [0.3, 0.4) is 0 Å². The Morgan fingerprint density at radius 1 is 0.936 bits per heavy atom. The molecule has 1 aromatic rings. The van der Waals surface area contributed by atoms with Crippen molar-refractivity contribution in [1.29, 1.82) is 0 Å². The molecular weight excluding hydrogens is 663 g/mol. The van der Waals surface area contributed by atoms with Gasteiger partial charge in [0.1, 0.15) is 23.7 Å². The number of rotatable bonds is 14. The Labute approximate surface area is 276 Å². The Morgan fingerprint density at radius 2 is 1.62 bits per heavy atom. The molecule has 1 amide bonds. The van der Waals surface area contributed by atoms with E-state index in [1.807, 2.05) is 0 Å². The number of ketones is 1. The molecule has 1 aliphatic heterocycles. The monoisotopic (exact) mass is 690 g/mol. The van der Waals surface area contributed by atoms with E-state index in [-0.39, 0.29) is 64.1 Å².